The van der Waals surface area contributed by atoms with Gasteiger partial charge in [0.25, 0.3) is 0 Å². The third-order valence-corrected chi connectivity index (χ3v) is 3.41. The number of carbonyl (C=O) groups is 1. The molecule has 2 N–H and O–H groups in total. The number of amides is 2. The van der Waals surface area contributed by atoms with Gasteiger partial charge in [-0.05, 0) is 38.8 Å². The van der Waals surface area contributed by atoms with E-state index in [0.29, 0.717) is 0 Å². The quantitative estimate of drug-likeness (QED) is 0.834. The summed E-state index contributed by atoms with van der Waals surface area (Å²) in [7, 11) is 0. The Morgan fingerprint density at radius 2 is 2.19 bits per heavy atom. The predicted octanol–water partition coefficient (Wildman–Crippen LogP) is 3.14. The highest BCUT2D eigenvalue weighted by Crippen LogP contribution is 2.25. The molecule has 0 fully saturated rings. The van der Waals surface area contributed by atoms with Crippen molar-refractivity contribution in [2.75, 3.05) is 6.54 Å². The van der Waals surface area contributed by atoms with Gasteiger partial charge < -0.3 is 10.6 Å². The largest absolute Gasteiger partial charge is 0.338 e. The summed E-state index contributed by atoms with van der Waals surface area (Å²) in [6.07, 6.45) is 0.957. The Labute approximate surface area is 101 Å². The topological polar surface area (TPSA) is 41.1 Å². The molecule has 1 unspecified atom stereocenters. The second kappa shape index (κ2) is 5.89. The summed E-state index contributed by atoms with van der Waals surface area (Å²) in [5.74, 6) is 0. The average molecular weight is 240 g/mol. The smallest absolute Gasteiger partial charge is 0.315 e. The van der Waals surface area contributed by atoms with E-state index in [4.69, 9.17) is 0 Å². The Morgan fingerprint density at radius 1 is 1.50 bits per heavy atom. The summed E-state index contributed by atoms with van der Waals surface area (Å²) in [5, 5.41) is 5.75. The second-order valence-corrected chi connectivity index (χ2v) is 5.45. The number of carbonyl (C=O) groups excluding carboxylic acids is 1. The zero-order valence-electron chi connectivity index (χ0n) is 10.4. The van der Waals surface area contributed by atoms with Gasteiger partial charge in [0.05, 0.1) is 6.04 Å². The van der Waals surface area contributed by atoms with Crippen LogP contribution in [0.5, 0.6) is 0 Å². The second-order valence-electron chi connectivity index (χ2n) is 3.99. The molecule has 0 saturated heterocycles. The molecule has 0 aromatic carbocycles. The molecule has 0 aliphatic rings. The first-order valence-corrected chi connectivity index (χ1v) is 6.47. The lowest BCUT2D eigenvalue weighted by Crippen LogP contribution is -2.37. The first-order valence-electron chi connectivity index (χ1n) is 5.66. The summed E-state index contributed by atoms with van der Waals surface area (Å²) in [6, 6.07) is 2.13. The summed E-state index contributed by atoms with van der Waals surface area (Å²) in [5.41, 5.74) is 1.22. The fourth-order valence-electron chi connectivity index (χ4n) is 1.64. The molecule has 3 nitrogen and oxygen atoms in total. The molecule has 16 heavy (non-hydrogen) atoms. The van der Waals surface area contributed by atoms with Gasteiger partial charge in [-0.3, -0.25) is 0 Å². The highest BCUT2D eigenvalue weighted by atomic mass is 32.1. The monoisotopic (exact) mass is 240 g/mol. The number of nitrogens with one attached hydrogen (secondary N) is 2. The summed E-state index contributed by atoms with van der Waals surface area (Å²) in [6.45, 7) is 8.95. The number of aryl methyl sites for hydroxylation is 2. The van der Waals surface area contributed by atoms with Crippen LogP contribution < -0.4 is 10.6 Å². The van der Waals surface area contributed by atoms with E-state index in [1.165, 1.54) is 15.3 Å². The van der Waals surface area contributed by atoms with E-state index in [9.17, 15) is 4.79 Å². The molecular weight excluding hydrogens is 220 g/mol. The van der Waals surface area contributed by atoms with Gasteiger partial charge in [-0.15, -0.1) is 11.3 Å². The van der Waals surface area contributed by atoms with E-state index < -0.39 is 0 Å². The van der Waals surface area contributed by atoms with Crippen LogP contribution in [0, 0.1) is 13.8 Å². The molecule has 4 heteroatoms. The molecule has 0 saturated carbocycles. The molecule has 0 spiro atoms. The van der Waals surface area contributed by atoms with E-state index in [1.54, 1.807) is 11.3 Å². The standard InChI is InChI=1S/C12H20N2OS/c1-5-6-13-12(15)14-9(3)11-7-8(2)16-10(11)4/h7,9H,5-6H2,1-4H3,(H2,13,14,15). The fraction of sp³-hybridized carbons (Fsp3) is 0.583. The Balaban J connectivity index is 2.55. The van der Waals surface area contributed by atoms with Gasteiger partial charge >= 0.3 is 6.03 Å². The van der Waals surface area contributed by atoms with Crippen molar-refractivity contribution in [3.8, 4) is 0 Å². The zero-order valence-corrected chi connectivity index (χ0v) is 11.2. The number of thiophene rings is 1. The third kappa shape index (κ3) is 3.52. The summed E-state index contributed by atoms with van der Waals surface area (Å²) in [4.78, 5) is 14.1. The predicted molar refractivity (Wildman–Crippen MR) is 69.0 cm³/mol. The maximum Gasteiger partial charge on any atom is 0.315 e. The van der Waals surface area contributed by atoms with E-state index in [0.717, 1.165) is 13.0 Å². The minimum Gasteiger partial charge on any atom is -0.338 e. The van der Waals surface area contributed by atoms with Crippen molar-refractivity contribution in [1.29, 1.82) is 0 Å². The zero-order chi connectivity index (χ0) is 12.1. The molecule has 0 radical (unpaired) electrons. The van der Waals surface area contributed by atoms with Gasteiger partial charge in [-0.25, -0.2) is 4.79 Å². The van der Waals surface area contributed by atoms with Crippen molar-refractivity contribution >= 4 is 17.4 Å². The molecular formula is C12H20N2OS. The Bertz CT molecular complexity index is 360. The van der Waals surface area contributed by atoms with Crippen LogP contribution in [0.25, 0.3) is 0 Å². The minimum absolute atomic E-state index is 0.0711. The molecule has 0 aliphatic carbocycles. The van der Waals surface area contributed by atoms with Crippen molar-refractivity contribution in [3.63, 3.8) is 0 Å². The van der Waals surface area contributed by atoms with Crippen molar-refractivity contribution < 1.29 is 4.79 Å². The summed E-state index contributed by atoms with van der Waals surface area (Å²) < 4.78 is 0. The molecule has 0 bridgehead atoms. The van der Waals surface area contributed by atoms with Crippen LogP contribution in [0.2, 0.25) is 0 Å². The van der Waals surface area contributed by atoms with Crippen LogP contribution in [0.15, 0.2) is 6.07 Å². The van der Waals surface area contributed by atoms with Crippen LogP contribution in [0.4, 0.5) is 4.79 Å². The first-order chi connectivity index (χ1) is 7.54. The first kappa shape index (κ1) is 13.0. The Kier molecular flexibility index (Phi) is 4.80. The van der Waals surface area contributed by atoms with Crippen molar-refractivity contribution in [2.24, 2.45) is 0 Å². The number of rotatable bonds is 4. The molecule has 1 atom stereocenters. The molecule has 1 heterocycles. The van der Waals surface area contributed by atoms with Gasteiger partial charge in [0.15, 0.2) is 0 Å². The normalized spacial score (nSPS) is 12.2. The minimum atomic E-state index is -0.0856. The maximum absolute atomic E-state index is 11.5. The molecule has 1 aromatic rings. The van der Waals surface area contributed by atoms with Gasteiger partial charge in [0.1, 0.15) is 0 Å². The average Bonchev–Trinajstić information content (AvgIpc) is 2.54. The molecule has 90 valence electrons. The molecule has 1 rings (SSSR count). The summed E-state index contributed by atoms with van der Waals surface area (Å²) >= 11 is 1.77. The Hall–Kier alpha value is -1.03. The van der Waals surface area contributed by atoms with E-state index >= 15 is 0 Å². The van der Waals surface area contributed by atoms with Crippen LogP contribution >= 0.6 is 11.3 Å². The van der Waals surface area contributed by atoms with Gasteiger partial charge in [0.2, 0.25) is 0 Å². The molecule has 1 aromatic heterocycles. The number of urea groups is 1. The molecule has 2 amide bonds. The maximum atomic E-state index is 11.5. The SMILES string of the molecule is CCCNC(=O)NC(C)c1cc(C)sc1C. The van der Waals surface area contributed by atoms with Gasteiger partial charge in [-0.1, -0.05) is 6.92 Å². The third-order valence-electron chi connectivity index (χ3n) is 2.43. The van der Waals surface area contributed by atoms with E-state index in [2.05, 4.69) is 30.5 Å². The van der Waals surface area contributed by atoms with Crippen LogP contribution in [-0.4, -0.2) is 12.6 Å². The Morgan fingerprint density at radius 3 is 2.69 bits per heavy atom. The lowest BCUT2D eigenvalue weighted by atomic mass is 10.1. The van der Waals surface area contributed by atoms with Crippen LogP contribution in [-0.2, 0) is 0 Å². The lowest BCUT2D eigenvalue weighted by molar-refractivity contribution is 0.238. The van der Waals surface area contributed by atoms with E-state index in [1.807, 2.05) is 13.8 Å². The van der Waals surface area contributed by atoms with E-state index in [-0.39, 0.29) is 12.1 Å². The van der Waals surface area contributed by atoms with Crippen molar-refractivity contribution in [3.05, 3.63) is 21.4 Å². The van der Waals surface area contributed by atoms with Crippen LogP contribution in [0.3, 0.4) is 0 Å². The van der Waals surface area contributed by atoms with Gasteiger partial charge in [0, 0.05) is 16.3 Å². The van der Waals surface area contributed by atoms with Crippen molar-refractivity contribution in [1.82, 2.24) is 10.6 Å². The lowest BCUT2D eigenvalue weighted by Gasteiger charge is -2.14. The number of hydrogen-bond donors (Lipinski definition) is 2. The fourth-order valence-corrected chi connectivity index (χ4v) is 2.67. The van der Waals surface area contributed by atoms with Gasteiger partial charge in [-0.2, -0.15) is 0 Å². The van der Waals surface area contributed by atoms with Crippen molar-refractivity contribution in [2.45, 2.75) is 40.2 Å². The number of hydrogen-bond acceptors (Lipinski definition) is 2. The molecule has 0 aliphatic heterocycles. The highest BCUT2D eigenvalue weighted by Gasteiger charge is 2.13. The van der Waals surface area contributed by atoms with Crippen LogP contribution in [0.1, 0.15) is 41.6 Å². The highest BCUT2D eigenvalue weighted by molar-refractivity contribution is 7.12.